The van der Waals surface area contributed by atoms with Crippen LogP contribution in [0.5, 0.6) is 0 Å². The number of ether oxygens (including phenoxy) is 10. The van der Waals surface area contributed by atoms with Gasteiger partial charge in [0, 0.05) is 40.3 Å². The third-order valence-corrected chi connectivity index (χ3v) is 19.6. The van der Waals surface area contributed by atoms with Gasteiger partial charge in [-0.3, -0.25) is 28.0 Å². The highest BCUT2D eigenvalue weighted by Gasteiger charge is 2.54. The molecule has 0 saturated carbocycles. The van der Waals surface area contributed by atoms with Gasteiger partial charge in [-0.15, -0.1) is 13.2 Å². The van der Waals surface area contributed by atoms with Gasteiger partial charge in [-0.25, -0.2) is 9.36 Å². The van der Waals surface area contributed by atoms with E-state index in [2.05, 4.69) is 70.2 Å². The highest BCUT2D eigenvalue weighted by atomic mass is 31.2. The summed E-state index contributed by atoms with van der Waals surface area (Å²) in [4.78, 5) is 56.2. The minimum absolute atomic E-state index is 0.103. The molecular formula is C79H141N2O18P. The van der Waals surface area contributed by atoms with E-state index in [1.54, 1.807) is 20.1 Å². The Morgan fingerprint density at radius 3 is 1.52 bits per heavy atom. The number of phosphoric ester groups is 1. The zero-order chi connectivity index (χ0) is 73.0. The highest BCUT2D eigenvalue weighted by Crippen LogP contribution is 2.52. The van der Waals surface area contributed by atoms with Crippen LogP contribution < -0.4 is 10.6 Å². The van der Waals surface area contributed by atoms with Gasteiger partial charge in [-0.2, -0.15) is 0 Å². The van der Waals surface area contributed by atoms with Crippen LogP contribution in [0.1, 0.15) is 291 Å². The number of nitrogens with one attached hydrogen (secondary N) is 2. The fourth-order valence-electron chi connectivity index (χ4n) is 12.5. The summed E-state index contributed by atoms with van der Waals surface area (Å²) in [6, 6.07) is -2.33. The highest BCUT2D eigenvalue weighted by molar-refractivity contribution is 7.48. The van der Waals surface area contributed by atoms with E-state index in [1.807, 2.05) is 0 Å². The van der Waals surface area contributed by atoms with Crippen molar-refractivity contribution in [3.05, 3.63) is 62.5 Å². The second kappa shape index (κ2) is 62.6. The maximum Gasteiger partial charge on any atom is 0.509 e. The molecule has 0 aliphatic carbocycles. The van der Waals surface area contributed by atoms with Crippen molar-refractivity contribution in [1.29, 1.82) is 0 Å². The zero-order valence-electron chi connectivity index (χ0n) is 63.5. The van der Waals surface area contributed by atoms with Crippen molar-refractivity contribution in [2.24, 2.45) is 0 Å². The van der Waals surface area contributed by atoms with E-state index >= 15 is 0 Å². The van der Waals surface area contributed by atoms with Crippen LogP contribution in [-0.4, -0.2) is 152 Å². The third kappa shape index (κ3) is 43.5. The van der Waals surface area contributed by atoms with E-state index < -0.39 is 94.2 Å². The number of allylic oxidation sites excluding steroid dienone is 3. The lowest BCUT2D eigenvalue weighted by molar-refractivity contribution is -0.303. The second-order valence-corrected chi connectivity index (χ2v) is 28.5. The monoisotopic (exact) mass is 1440 g/mol. The molecule has 2 rings (SSSR count). The Labute approximate surface area is 606 Å². The first kappa shape index (κ1) is 92.3. The van der Waals surface area contributed by atoms with E-state index in [0.717, 1.165) is 141 Å². The third-order valence-electron chi connectivity index (χ3n) is 18.2. The van der Waals surface area contributed by atoms with E-state index in [1.165, 1.54) is 102 Å². The van der Waals surface area contributed by atoms with Gasteiger partial charge in [0.25, 0.3) is 0 Å². The fourth-order valence-corrected chi connectivity index (χ4v) is 13.8. The molecule has 0 aromatic carbocycles. The SMILES string of the molecule is C=CCOC(=O)O[C@@H]1[C@H](OCCCCCCCCCC)[C@@H](NC(=O)CC(=O)CCCCCCCCCCC)[C@@H](O/C=C\C)O[C@@H]1COC1O[C@H](COC)[C@H](OP(=O)(OCC=C)OCC=C)[C@H](OCCC(CCCCCCC)OC)[C@H]1NC(=O)CCCCCCCCC/C=C\CCCCCC. The average Bonchev–Trinajstić information content (AvgIpc) is 0.780. The minimum atomic E-state index is -4.49. The van der Waals surface area contributed by atoms with E-state index in [-0.39, 0.29) is 70.3 Å². The summed E-state index contributed by atoms with van der Waals surface area (Å²) in [5.41, 5.74) is 0. The molecule has 20 nitrogen and oxygen atoms in total. The molecule has 0 radical (unpaired) electrons. The normalized spacial score (nSPS) is 21.3. The van der Waals surface area contributed by atoms with Crippen molar-refractivity contribution in [3.63, 3.8) is 0 Å². The first-order valence-corrected chi connectivity index (χ1v) is 40.7. The summed E-state index contributed by atoms with van der Waals surface area (Å²) < 4.78 is 96.9. The molecule has 2 N–H and O–H groups in total. The molecule has 2 unspecified atom stereocenters. The number of Topliss-reactive ketones (excluding diaryl/α,β-unsaturated/α-hetero) is 1. The number of hydrogen-bond donors (Lipinski definition) is 2. The van der Waals surface area contributed by atoms with Crippen molar-refractivity contribution >= 4 is 31.6 Å². The predicted molar refractivity (Wildman–Crippen MR) is 398 cm³/mol. The number of phosphoric acid groups is 1. The lowest BCUT2D eigenvalue weighted by Crippen LogP contribution is -2.68. The lowest BCUT2D eigenvalue weighted by atomic mass is 9.95. The zero-order valence-corrected chi connectivity index (χ0v) is 64.4. The Hall–Kier alpha value is -3.79. The van der Waals surface area contributed by atoms with Crippen molar-refractivity contribution in [1.82, 2.24) is 10.6 Å². The summed E-state index contributed by atoms with van der Waals surface area (Å²) in [5.74, 6) is -1.10. The van der Waals surface area contributed by atoms with Gasteiger partial charge >= 0.3 is 14.0 Å². The van der Waals surface area contributed by atoms with Crippen molar-refractivity contribution in [2.75, 3.05) is 60.5 Å². The molecule has 2 saturated heterocycles. The topological polar surface area (TPSA) is 229 Å². The Balaban J connectivity index is 2.74. The fraction of sp³-hybridized carbons (Fsp3) is 0.823. The summed E-state index contributed by atoms with van der Waals surface area (Å²) in [6.07, 6.45) is 39.6. The van der Waals surface area contributed by atoms with Crippen LogP contribution in [0, 0.1) is 0 Å². The second-order valence-electron chi connectivity index (χ2n) is 26.9. The molecule has 2 aliphatic rings. The molecule has 2 heterocycles. The van der Waals surface area contributed by atoms with Gasteiger partial charge in [0.05, 0.1) is 45.2 Å². The quantitative estimate of drug-likeness (QED) is 0.0144. The molecule has 21 heteroatoms. The maximum absolute atomic E-state index is 14.8. The largest absolute Gasteiger partial charge is 0.509 e. The number of rotatable bonds is 68. The number of methoxy groups -OCH3 is 2. The van der Waals surface area contributed by atoms with Gasteiger partial charge in [0.15, 0.2) is 12.4 Å². The van der Waals surface area contributed by atoms with Crippen LogP contribution in [0.15, 0.2) is 62.5 Å². The van der Waals surface area contributed by atoms with Gasteiger partial charge in [0.1, 0.15) is 55.0 Å². The predicted octanol–water partition coefficient (Wildman–Crippen LogP) is 18.8. The van der Waals surface area contributed by atoms with Crippen molar-refractivity contribution in [2.45, 2.75) is 359 Å². The lowest BCUT2D eigenvalue weighted by Gasteiger charge is -2.48. The summed E-state index contributed by atoms with van der Waals surface area (Å²) in [6.45, 7) is 21.0. The van der Waals surface area contributed by atoms with Crippen LogP contribution in [-0.2, 0) is 79.9 Å². The van der Waals surface area contributed by atoms with Crippen molar-refractivity contribution in [3.8, 4) is 0 Å². The number of hydrogen-bond acceptors (Lipinski definition) is 18. The minimum Gasteiger partial charge on any atom is -0.471 e. The van der Waals surface area contributed by atoms with Crippen LogP contribution in [0.2, 0.25) is 0 Å². The van der Waals surface area contributed by atoms with Gasteiger partial charge in [-0.05, 0) is 64.7 Å². The molecule has 0 aromatic heterocycles. The number of carbonyl (C=O) groups excluding carboxylic acids is 4. The number of amides is 2. The van der Waals surface area contributed by atoms with Gasteiger partial charge in [0.2, 0.25) is 18.1 Å². The molecule has 2 amide bonds. The molecule has 2 aliphatic heterocycles. The van der Waals surface area contributed by atoms with Crippen LogP contribution in [0.3, 0.4) is 0 Å². The average molecular weight is 1440 g/mol. The van der Waals surface area contributed by atoms with E-state index in [9.17, 15) is 23.7 Å². The number of carbonyl (C=O) groups is 4. The van der Waals surface area contributed by atoms with E-state index in [0.29, 0.717) is 25.7 Å². The van der Waals surface area contributed by atoms with Crippen LogP contribution in [0.4, 0.5) is 4.79 Å². The first-order valence-electron chi connectivity index (χ1n) is 39.3. The van der Waals surface area contributed by atoms with Crippen LogP contribution in [0.25, 0.3) is 0 Å². The standard InChI is InChI=1S/C79H141N2O18P/c1-11-19-23-27-30-33-34-35-36-37-38-40-42-46-50-54-69(83)80-72-76(90-61-55-66(88-10)53-49-44-26-22-14-4)74(99-100(86,94-58-17-7)95-59-18-8)67(63-87-9)96-78(72)93-64-68-73(98-79(85)92-57-16-6)75(89-60-51-47-43-32-29-25-21-13-3)71(77(97-68)91-56-15-5)81-70(84)62-65(82)52-48-45-41-39-31-28-24-20-12-2/h15-18,33-34,56,66-68,71-78H,6-8,11-14,19-32,35-55,57-64H2,1-5,9-10H3,(H,80,83)(H,81,84)/b34-33-,56-15-/t66?,67-,68-,71-,72-,73+,74+,75-,76-,77+,78?/m1/s1. The van der Waals surface area contributed by atoms with Gasteiger partial charge in [-0.1, -0.05) is 251 Å². The Morgan fingerprint density at radius 2 is 0.970 bits per heavy atom. The summed E-state index contributed by atoms with van der Waals surface area (Å²) in [5, 5.41) is 6.22. The summed E-state index contributed by atoms with van der Waals surface area (Å²) in [7, 11) is -1.33. The Morgan fingerprint density at radius 1 is 0.500 bits per heavy atom. The molecule has 11 atom stereocenters. The molecule has 0 aromatic rings. The Kier molecular flexibility index (Phi) is 57.8. The van der Waals surface area contributed by atoms with E-state index in [4.69, 9.17) is 60.9 Å². The number of unbranched alkanes of at least 4 members (excludes halogenated alkanes) is 30. The van der Waals surface area contributed by atoms with Gasteiger partial charge < -0.3 is 58.0 Å². The molecular weight excluding hydrogens is 1300 g/mol. The molecule has 0 spiro atoms. The Bertz CT molecular complexity index is 2170. The smallest absolute Gasteiger partial charge is 0.471 e. The molecule has 2 fully saturated rings. The molecule has 580 valence electrons. The first-order chi connectivity index (χ1) is 48.8. The number of ketones is 1. The summed E-state index contributed by atoms with van der Waals surface area (Å²) >= 11 is 0. The molecule has 100 heavy (non-hydrogen) atoms. The van der Waals surface area contributed by atoms with Crippen molar-refractivity contribution < 1.29 is 84.7 Å². The van der Waals surface area contributed by atoms with Crippen LogP contribution >= 0.6 is 7.82 Å². The maximum atomic E-state index is 14.8. The molecule has 0 bridgehead atoms.